The van der Waals surface area contributed by atoms with E-state index in [4.69, 9.17) is 5.73 Å². The smallest absolute Gasteiger partial charge is 0.320 e. The number of alkyl halides is 3. The van der Waals surface area contributed by atoms with Gasteiger partial charge in [-0.1, -0.05) is 30.3 Å². The summed E-state index contributed by atoms with van der Waals surface area (Å²) in [6.07, 6.45) is -4.32. The van der Waals surface area contributed by atoms with E-state index in [9.17, 15) is 13.2 Å². The zero-order chi connectivity index (χ0) is 15.0. The summed E-state index contributed by atoms with van der Waals surface area (Å²) >= 11 is 1.58. The molecule has 0 aliphatic carbocycles. The molecule has 1 heterocycles. The van der Waals surface area contributed by atoms with Crippen LogP contribution in [-0.4, -0.2) is 0 Å². The summed E-state index contributed by atoms with van der Waals surface area (Å²) in [6, 6.07) is 12.4. The SMILES string of the molecule is NC(c1ccc(C(F)(F)F)cc1)c1cccc2ccsc12. The predicted octanol–water partition coefficient (Wildman–Crippen LogP) is 4.97. The van der Waals surface area contributed by atoms with Crippen molar-refractivity contribution in [1.29, 1.82) is 0 Å². The number of benzene rings is 2. The van der Waals surface area contributed by atoms with Gasteiger partial charge in [-0.25, -0.2) is 0 Å². The molecule has 0 aliphatic heterocycles. The fourth-order valence-corrected chi connectivity index (χ4v) is 3.27. The van der Waals surface area contributed by atoms with E-state index in [0.29, 0.717) is 5.56 Å². The van der Waals surface area contributed by atoms with Gasteiger partial charge in [0.25, 0.3) is 0 Å². The lowest BCUT2D eigenvalue weighted by Crippen LogP contribution is -2.12. The molecule has 0 radical (unpaired) electrons. The standard InChI is InChI=1S/C16H12F3NS/c17-16(18,19)12-6-4-10(5-7-12)14(20)13-3-1-2-11-8-9-21-15(11)13/h1-9,14H,20H2. The third kappa shape index (κ3) is 2.66. The molecule has 2 N–H and O–H groups in total. The first-order valence-electron chi connectivity index (χ1n) is 6.35. The van der Waals surface area contributed by atoms with Crippen LogP contribution in [0.15, 0.2) is 53.9 Å². The quantitative estimate of drug-likeness (QED) is 0.711. The lowest BCUT2D eigenvalue weighted by Gasteiger charge is -2.15. The summed E-state index contributed by atoms with van der Waals surface area (Å²) in [5.41, 5.74) is 7.17. The normalized spacial score (nSPS) is 13.5. The van der Waals surface area contributed by atoms with E-state index in [1.165, 1.54) is 12.1 Å². The Morgan fingerprint density at radius 3 is 2.33 bits per heavy atom. The van der Waals surface area contributed by atoms with Crippen LogP contribution < -0.4 is 5.73 Å². The molecule has 0 spiro atoms. The molecule has 1 nitrogen and oxygen atoms in total. The Morgan fingerprint density at radius 1 is 0.952 bits per heavy atom. The molecule has 3 aromatic rings. The van der Waals surface area contributed by atoms with E-state index in [2.05, 4.69) is 0 Å². The van der Waals surface area contributed by atoms with Crippen molar-refractivity contribution < 1.29 is 13.2 Å². The number of fused-ring (bicyclic) bond motifs is 1. The van der Waals surface area contributed by atoms with Crippen molar-refractivity contribution >= 4 is 21.4 Å². The van der Waals surface area contributed by atoms with Crippen molar-refractivity contribution in [2.75, 3.05) is 0 Å². The second kappa shape index (κ2) is 5.16. The van der Waals surface area contributed by atoms with Crippen LogP contribution in [-0.2, 0) is 6.18 Å². The highest BCUT2D eigenvalue weighted by molar-refractivity contribution is 7.17. The lowest BCUT2D eigenvalue weighted by molar-refractivity contribution is -0.137. The van der Waals surface area contributed by atoms with Crippen LogP contribution >= 0.6 is 11.3 Å². The first kappa shape index (κ1) is 14.1. The van der Waals surface area contributed by atoms with Gasteiger partial charge in [0.05, 0.1) is 11.6 Å². The van der Waals surface area contributed by atoms with Crippen molar-refractivity contribution in [2.24, 2.45) is 5.73 Å². The zero-order valence-electron chi connectivity index (χ0n) is 10.9. The Kier molecular flexibility index (Phi) is 3.47. The Morgan fingerprint density at radius 2 is 1.67 bits per heavy atom. The second-order valence-corrected chi connectivity index (χ2v) is 5.70. The largest absolute Gasteiger partial charge is 0.416 e. The average molecular weight is 307 g/mol. The van der Waals surface area contributed by atoms with E-state index < -0.39 is 17.8 Å². The van der Waals surface area contributed by atoms with Crippen LogP contribution in [0.2, 0.25) is 0 Å². The first-order chi connectivity index (χ1) is 9.97. The number of rotatable bonds is 2. The van der Waals surface area contributed by atoms with Crippen LogP contribution in [0.5, 0.6) is 0 Å². The van der Waals surface area contributed by atoms with Gasteiger partial charge in [0.2, 0.25) is 0 Å². The first-order valence-corrected chi connectivity index (χ1v) is 7.23. The minimum absolute atomic E-state index is 0.436. The van der Waals surface area contributed by atoms with Crippen LogP contribution in [0.3, 0.4) is 0 Å². The Balaban J connectivity index is 1.98. The minimum Gasteiger partial charge on any atom is -0.320 e. The van der Waals surface area contributed by atoms with E-state index in [1.807, 2.05) is 29.6 Å². The molecule has 2 aromatic carbocycles. The molecule has 5 heteroatoms. The second-order valence-electron chi connectivity index (χ2n) is 4.78. The number of hydrogen-bond acceptors (Lipinski definition) is 2. The van der Waals surface area contributed by atoms with Crippen LogP contribution in [0.1, 0.15) is 22.7 Å². The Hall–Kier alpha value is -1.85. The van der Waals surface area contributed by atoms with Gasteiger partial charge in [0.1, 0.15) is 0 Å². The maximum atomic E-state index is 12.6. The van der Waals surface area contributed by atoms with Crippen molar-refractivity contribution in [2.45, 2.75) is 12.2 Å². The van der Waals surface area contributed by atoms with E-state index in [0.717, 1.165) is 27.8 Å². The van der Waals surface area contributed by atoms with E-state index in [-0.39, 0.29) is 0 Å². The fraction of sp³-hybridized carbons (Fsp3) is 0.125. The van der Waals surface area contributed by atoms with Gasteiger partial charge in [-0.05, 0) is 40.1 Å². The summed E-state index contributed by atoms with van der Waals surface area (Å²) in [4.78, 5) is 0. The zero-order valence-corrected chi connectivity index (χ0v) is 11.7. The van der Waals surface area contributed by atoms with Gasteiger partial charge < -0.3 is 5.73 Å². The van der Waals surface area contributed by atoms with Gasteiger partial charge in [0.15, 0.2) is 0 Å². The highest BCUT2D eigenvalue weighted by Crippen LogP contribution is 2.33. The molecule has 3 rings (SSSR count). The van der Waals surface area contributed by atoms with Gasteiger partial charge in [-0.2, -0.15) is 13.2 Å². The lowest BCUT2D eigenvalue weighted by atomic mass is 9.97. The fourth-order valence-electron chi connectivity index (χ4n) is 2.32. The van der Waals surface area contributed by atoms with Gasteiger partial charge in [-0.3, -0.25) is 0 Å². The molecule has 1 atom stereocenters. The average Bonchev–Trinajstić information content (AvgIpc) is 2.94. The number of nitrogens with two attached hydrogens (primary N) is 1. The predicted molar refractivity (Wildman–Crippen MR) is 79.3 cm³/mol. The third-order valence-corrected chi connectivity index (χ3v) is 4.42. The van der Waals surface area contributed by atoms with E-state index in [1.54, 1.807) is 11.3 Å². The summed E-state index contributed by atoms with van der Waals surface area (Å²) in [6.45, 7) is 0. The summed E-state index contributed by atoms with van der Waals surface area (Å²) < 4.78 is 38.8. The summed E-state index contributed by atoms with van der Waals surface area (Å²) in [5, 5.41) is 3.08. The van der Waals surface area contributed by atoms with Gasteiger partial charge in [0, 0.05) is 4.70 Å². The van der Waals surface area contributed by atoms with Crippen molar-refractivity contribution in [1.82, 2.24) is 0 Å². The number of halogens is 3. The molecule has 0 aliphatic rings. The van der Waals surface area contributed by atoms with Crippen molar-refractivity contribution in [3.8, 4) is 0 Å². The molecular weight excluding hydrogens is 295 g/mol. The van der Waals surface area contributed by atoms with Gasteiger partial charge >= 0.3 is 6.18 Å². The van der Waals surface area contributed by atoms with Crippen LogP contribution in [0.25, 0.3) is 10.1 Å². The molecule has 0 bridgehead atoms. The molecule has 0 saturated carbocycles. The Labute approximate surface area is 123 Å². The number of thiophene rings is 1. The maximum absolute atomic E-state index is 12.6. The summed E-state index contributed by atoms with van der Waals surface area (Å²) in [7, 11) is 0. The highest BCUT2D eigenvalue weighted by Gasteiger charge is 2.30. The monoisotopic (exact) mass is 307 g/mol. The van der Waals surface area contributed by atoms with Crippen molar-refractivity contribution in [3.05, 3.63) is 70.6 Å². The van der Waals surface area contributed by atoms with E-state index >= 15 is 0 Å². The molecule has 21 heavy (non-hydrogen) atoms. The molecule has 0 amide bonds. The molecule has 0 saturated heterocycles. The highest BCUT2D eigenvalue weighted by atomic mass is 32.1. The molecular formula is C16H12F3NS. The molecule has 0 fully saturated rings. The maximum Gasteiger partial charge on any atom is 0.416 e. The topological polar surface area (TPSA) is 26.0 Å². The van der Waals surface area contributed by atoms with Crippen LogP contribution in [0.4, 0.5) is 13.2 Å². The van der Waals surface area contributed by atoms with Crippen molar-refractivity contribution in [3.63, 3.8) is 0 Å². The summed E-state index contributed by atoms with van der Waals surface area (Å²) in [5.74, 6) is 0. The molecule has 1 unspecified atom stereocenters. The number of hydrogen-bond donors (Lipinski definition) is 1. The van der Waals surface area contributed by atoms with Crippen LogP contribution in [0, 0.1) is 0 Å². The van der Waals surface area contributed by atoms with Gasteiger partial charge in [-0.15, -0.1) is 11.3 Å². The third-order valence-electron chi connectivity index (χ3n) is 3.44. The molecule has 1 aromatic heterocycles. The minimum atomic E-state index is -4.32. The molecule has 108 valence electrons. The Bertz CT molecular complexity index is 759.